The Morgan fingerprint density at radius 3 is 1.52 bits per heavy atom. The lowest BCUT2D eigenvalue weighted by atomic mass is 9.84. The Hall–Kier alpha value is -3.86. The van der Waals surface area contributed by atoms with Crippen LogP contribution in [0.15, 0.2) is 48.5 Å². The summed E-state index contributed by atoms with van der Waals surface area (Å²) in [6, 6.07) is 14.5. The molecule has 0 saturated carbocycles. The Bertz CT molecular complexity index is 1300. The molecule has 0 unspecified atom stereocenters. The number of benzene rings is 4. The summed E-state index contributed by atoms with van der Waals surface area (Å²) >= 11 is 0. The van der Waals surface area contributed by atoms with Crippen LogP contribution < -0.4 is 0 Å². The van der Waals surface area contributed by atoms with Crippen molar-refractivity contribution in [2.45, 2.75) is 0 Å². The molecule has 0 aliphatic rings. The molecule has 1 N–H and O–H groups in total. The molecule has 27 heavy (non-hydrogen) atoms. The second-order valence-electron chi connectivity index (χ2n) is 6.12. The molecule has 4 aromatic rings. The first-order valence-corrected chi connectivity index (χ1v) is 8.16. The first kappa shape index (κ1) is 16.6. The van der Waals surface area contributed by atoms with E-state index in [-0.39, 0.29) is 27.6 Å². The van der Waals surface area contributed by atoms with Crippen LogP contribution >= 0.6 is 0 Å². The van der Waals surface area contributed by atoms with Crippen molar-refractivity contribution in [1.82, 2.24) is 0 Å². The van der Waals surface area contributed by atoms with Crippen molar-refractivity contribution >= 4 is 57.1 Å². The van der Waals surface area contributed by atoms with E-state index < -0.39 is 5.97 Å². The molecule has 0 saturated heterocycles. The van der Waals surface area contributed by atoms with Crippen LogP contribution in [0, 0.1) is 0 Å². The average Bonchev–Trinajstić information content (AvgIpc) is 2.71. The Labute approximate surface area is 152 Å². The zero-order valence-electron chi connectivity index (χ0n) is 13.9. The number of carbonyl (C=O) groups excluding carboxylic acids is 3. The Balaban J connectivity index is 2.54. The Morgan fingerprint density at radius 1 is 0.630 bits per heavy atom. The molecule has 0 spiro atoms. The van der Waals surface area contributed by atoms with Crippen LogP contribution in [0.2, 0.25) is 0 Å². The quantitative estimate of drug-likeness (QED) is 0.435. The summed E-state index contributed by atoms with van der Waals surface area (Å²) in [4.78, 5) is 47.3. The van der Waals surface area contributed by atoms with Gasteiger partial charge in [-0.05, 0) is 21.5 Å². The van der Waals surface area contributed by atoms with Crippen LogP contribution in [0.3, 0.4) is 0 Å². The van der Waals surface area contributed by atoms with Gasteiger partial charge in [0.05, 0.1) is 5.56 Å². The maximum atomic E-state index is 12.1. The second kappa shape index (κ2) is 6.14. The number of carboxylic acid groups (broad SMARTS) is 1. The molecule has 0 aliphatic carbocycles. The zero-order chi connectivity index (χ0) is 19.1. The van der Waals surface area contributed by atoms with Crippen molar-refractivity contribution in [3.8, 4) is 0 Å². The van der Waals surface area contributed by atoms with E-state index in [9.17, 15) is 24.3 Å². The van der Waals surface area contributed by atoms with Crippen LogP contribution in [-0.2, 0) is 0 Å². The predicted molar refractivity (Wildman–Crippen MR) is 102 cm³/mol. The first-order chi connectivity index (χ1) is 13.1. The fourth-order valence-electron chi connectivity index (χ4n) is 3.82. The van der Waals surface area contributed by atoms with Gasteiger partial charge in [-0.25, -0.2) is 4.79 Å². The maximum absolute atomic E-state index is 12.1. The van der Waals surface area contributed by atoms with Gasteiger partial charge in [-0.1, -0.05) is 48.5 Å². The van der Waals surface area contributed by atoms with Gasteiger partial charge in [0.15, 0.2) is 18.9 Å². The number of aldehydes is 3. The van der Waals surface area contributed by atoms with Gasteiger partial charge in [-0.2, -0.15) is 0 Å². The normalized spacial score (nSPS) is 11.0. The first-order valence-electron chi connectivity index (χ1n) is 8.16. The summed E-state index contributed by atoms with van der Waals surface area (Å²) in [5, 5.41) is 13.4. The van der Waals surface area contributed by atoms with E-state index in [1.54, 1.807) is 24.3 Å². The topological polar surface area (TPSA) is 88.5 Å². The van der Waals surface area contributed by atoms with Gasteiger partial charge >= 0.3 is 5.97 Å². The number of aromatic carboxylic acids is 1. The van der Waals surface area contributed by atoms with E-state index in [1.165, 1.54) is 0 Å². The van der Waals surface area contributed by atoms with Gasteiger partial charge < -0.3 is 5.11 Å². The summed E-state index contributed by atoms with van der Waals surface area (Å²) < 4.78 is 0. The van der Waals surface area contributed by atoms with Gasteiger partial charge in [-0.3, -0.25) is 14.4 Å². The third-order valence-corrected chi connectivity index (χ3v) is 4.87. The largest absolute Gasteiger partial charge is 0.478 e. The van der Waals surface area contributed by atoms with Crippen LogP contribution in [0.25, 0.3) is 32.3 Å². The molecule has 0 aromatic heterocycles. The summed E-state index contributed by atoms with van der Waals surface area (Å²) in [6.07, 6.45) is 1.19. The van der Waals surface area contributed by atoms with E-state index in [4.69, 9.17) is 0 Å². The minimum atomic E-state index is -1.33. The average molecular weight is 356 g/mol. The summed E-state index contributed by atoms with van der Waals surface area (Å²) in [6.45, 7) is 0. The van der Waals surface area contributed by atoms with Gasteiger partial charge in [0.1, 0.15) is 0 Å². The number of carboxylic acids is 1. The molecule has 0 heterocycles. The smallest absolute Gasteiger partial charge is 0.337 e. The fraction of sp³-hybridized carbons (Fsp3) is 0. The molecule has 5 heteroatoms. The van der Waals surface area contributed by atoms with Crippen molar-refractivity contribution < 1.29 is 24.3 Å². The predicted octanol–water partition coefficient (Wildman–Crippen LogP) is 4.28. The number of carbonyl (C=O) groups is 4. The molecule has 0 bridgehead atoms. The van der Waals surface area contributed by atoms with Crippen molar-refractivity contribution in [3.63, 3.8) is 0 Å². The molecule has 0 aliphatic heterocycles. The van der Waals surface area contributed by atoms with Gasteiger partial charge in [-0.15, -0.1) is 0 Å². The summed E-state index contributed by atoms with van der Waals surface area (Å²) in [5.41, 5.74) is -0.735. The van der Waals surface area contributed by atoms with Crippen molar-refractivity contribution in [2.75, 3.05) is 0 Å². The van der Waals surface area contributed by atoms with E-state index >= 15 is 0 Å². The molecule has 5 nitrogen and oxygen atoms in total. The van der Waals surface area contributed by atoms with Crippen molar-refractivity contribution in [1.29, 1.82) is 0 Å². The van der Waals surface area contributed by atoms with E-state index in [2.05, 4.69) is 0 Å². The lowest BCUT2D eigenvalue weighted by Crippen LogP contribution is -2.10. The molecule has 0 atom stereocenters. The van der Waals surface area contributed by atoms with E-state index in [1.807, 2.05) is 24.3 Å². The molecule has 0 fully saturated rings. The highest BCUT2D eigenvalue weighted by Crippen LogP contribution is 2.40. The minimum absolute atomic E-state index is 0.0223. The van der Waals surface area contributed by atoms with E-state index in [0.29, 0.717) is 35.0 Å². The molecular formula is C22H12O5. The third kappa shape index (κ3) is 2.18. The summed E-state index contributed by atoms with van der Waals surface area (Å²) in [7, 11) is 0. The van der Waals surface area contributed by atoms with Crippen molar-refractivity contribution in [2.24, 2.45) is 0 Å². The molecule has 0 amide bonds. The van der Waals surface area contributed by atoms with Crippen LogP contribution in [0.5, 0.6) is 0 Å². The Morgan fingerprint density at radius 2 is 1.07 bits per heavy atom. The third-order valence-electron chi connectivity index (χ3n) is 4.87. The van der Waals surface area contributed by atoms with Crippen LogP contribution in [-0.4, -0.2) is 29.9 Å². The highest BCUT2D eigenvalue weighted by Gasteiger charge is 2.25. The van der Waals surface area contributed by atoms with Crippen LogP contribution in [0.4, 0.5) is 0 Å². The van der Waals surface area contributed by atoms with Gasteiger partial charge in [0, 0.05) is 27.5 Å². The monoisotopic (exact) mass is 356 g/mol. The number of hydrogen-bond donors (Lipinski definition) is 1. The number of fused-ring (bicyclic) bond motifs is 6. The van der Waals surface area contributed by atoms with Crippen LogP contribution in [0.1, 0.15) is 41.4 Å². The minimum Gasteiger partial charge on any atom is -0.478 e. The standard InChI is InChI=1S/C22H12O5/c23-9-16-17(10-24)19-14-7-3-1-5-12(14)13-6-2-4-8-15(13)20(19)21(22(26)27)18(16)11-25/h1-11H,(H,26,27). The van der Waals surface area contributed by atoms with Gasteiger partial charge in [0.25, 0.3) is 0 Å². The molecule has 0 radical (unpaired) electrons. The molecule has 4 rings (SSSR count). The second-order valence-corrected chi connectivity index (χ2v) is 6.12. The summed E-state index contributed by atoms with van der Waals surface area (Å²) in [5.74, 6) is -1.33. The lowest BCUT2D eigenvalue weighted by molar-refractivity contribution is 0.0696. The van der Waals surface area contributed by atoms with Crippen molar-refractivity contribution in [3.05, 3.63) is 70.8 Å². The highest BCUT2D eigenvalue weighted by atomic mass is 16.4. The molecule has 4 aromatic carbocycles. The molecular weight excluding hydrogens is 344 g/mol. The lowest BCUT2D eigenvalue weighted by Gasteiger charge is -2.17. The maximum Gasteiger partial charge on any atom is 0.337 e. The zero-order valence-corrected chi connectivity index (χ0v) is 13.9. The fourth-order valence-corrected chi connectivity index (χ4v) is 3.82. The number of hydrogen-bond acceptors (Lipinski definition) is 4. The van der Waals surface area contributed by atoms with E-state index in [0.717, 1.165) is 10.8 Å². The Kier molecular flexibility index (Phi) is 3.78. The van der Waals surface area contributed by atoms with Gasteiger partial charge in [0.2, 0.25) is 0 Å². The highest BCUT2D eigenvalue weighted by molar-refractivity contribution is 6.34. The number of rotatable bonds is 4. The SMILES string of the molecule is O=Cc1c(C=O)c(C(=O)O)c2c3ccccc3c3ccccc3c2c1C=O. The molecule has 130 valence electrons.